The fraction of sp³-hybridized carbons (Fsp3) is 0.391. The van der Waals surface area contributed by atoms with Gasteiger partial charge in [0.2, 0.25) is 0 Å². The van der Waals surface area contributed by atoms with Gasteiger partial charge in [-0.3, -0.25) is 15.0 Å². The van der Waals surface area contributed by atoms with E-state index in [1.807, 2.05) is 33.8 Å². The van der Waals surface area contributed by atoms with Gasteiger partial charge in [0, 0.05) is 11.1 Å². The van der Waals surface area contributed by atoms with Gasteiger partial charge in [0.05, 0.1) is 32.4 Å². The average Bonchev–Trinajstić information content (AvgIpc) is 2.74. The molecule has 0 aliphatic heterocycles. The van der Waals surface area contributed by atoms with Crippen molar-refractivity contribution in [1.29, 1.82) is 0 Å². The third kappa shape index (κ3) is 4.84. The SMILES string of the molecule is CCc1c(OC)cccc1C(=O)NN(C(=O)c1cc(OC)ccc1OC)C(C)(C)C. The predicted molar refractivity (Wildman–Crippen MR) is 115 cm³/mol. The number of hydrogen-bond donors (Lipinski definition) is 1. The molecule has 0 radical (unpaired) electrons. The number of nitrogens with one attached hydrogen (secondary N) is 1. The highest BCUT2D eigenvalue weighted by Crippen LogP contribution is 2.28. The van der Waals surface area contributed by atoms with Crippen LogP contribution >= 0.6 is 0 Å². The second-order valence-corrected chi connectivity index (χ2v) is 7.66. The van der Waals surface area contributed by atoms with Crippen LogP contribution in [0.15, 0.2) is 36.4 Å². The van der Waals surface area contributed by atoms with E-state index in [0.29, 0.717) is 29.2 Å². The van der Waals surface area contributed by atoms with E-state index in [1.54, 1.807) is 37.4 Å². The van der Waals surface area contributed by atoms with E-state index in [9.17, 15) is 9.59 Å². The largest absolute Gasteiger partial charge is 0.497 e. The minimum atomic E-state index is -0.702. The first-order valence-corrected chi connectivity index (χ1v) is 9.71. The Morgan fingerprint density at radius 3 is 2.13 bits per heavy atom. The summed E-state index contributed by atoms with van der Waals surface area (Å²) in [4.78, 5) is 26.6. The molecule has 2 aromatic rings. The molecule has 0 heterocycles. The molecule has 7 nitrogen and oxygen atoms in total. The molecule has 2 rings (SSSR count). The van der Waals surface area contributed by atoms with Crippen molar-refractivity contribution in [2.24, 2.45) is 0 Å². The maximum absolute atomic E-state index is 13.4. The number of ether oxygens (including phenoxy) is 3. The van der Waals surface area contributed by atoms with Crippen molar-refractivity contribution < 1.29 is 23.8 Å². The number of amides is 2. The number of benzene rings is 2. The van der Waals surface area contributed by atoms with Crippen LogP contribution in [-0.4, -0.2) is 43.7 Å². The summed E-state index contributed by atoms with van der Waals surface area (Å²) in [5.74, 6) is 0.733. The van der Waals surface area contributed by atoms with Crippen LogP contribution in [0.2, 0.25) is 0 Å². The molecule has 0 spiro atoms. The van der Waals surface area contributed by atoms with Crippen molar-refractivity contribution in [3.8, 4) is 17.2 Å². The molecule has 0 fully saturated rings. The summed E-state index contributed by atoms with van der Waals surface area (Å²) in [5.41, 5.74) is 3.59. The van der Waals surface area contributed by atoms with Crippen LogP contribution in [0.3, 0.4) is 0 Å². The number of rotatable bonds is 6. The molecule has 30 heavy (non-hydrogen) atoms. The molecule has 0 aliphatic carbocycles. The molecule has 0 saturated heterocycles. The van der Waals surface area contributed by atoms with Crippen molar-refractivity contribution in [3.63, 3.8) is 0 Å². The molecule has 0 aliphatic rings. The molecule has 0 saturated carbocycles. The standard InChI is InChI=1S/C23H30N2O5/c1-8-16-17(10-9-11-19(16)29-6)21(26)24-25(23(2,3)4)22(27)18-14-15(28-5)12-13-20(18)30-7/h9-14H,8H2,1-7H3,(H,24,26). The zero-order valence-corrected chi connectivity index (χ0v) is 18.7. The topological polar surface area (TPSA) is 77.1 Å². The average molecular weight is 415 g/mol. The predicted octanol–water partition coefficient (Wildman–Crippen LogP) is 3.86. The van der Waals surface area contributed by atoms with Crippen molar-refractivity contribution >= 4 is 11.8 Å². The highest BCUT2D eigenvalue weighted by molar-refractivity contribution is 6.01. The lowest BCUT2D eigenvalue weighted by Crippen LogP contribution is -2.56. The number of hydrogen-bond acceptors (Lipinski definition) is 5. The van der Waals surface area contributed by atoms with Gasteiger partial charge in [-0.05, 0) is 57.5 Å². The molecule has 1 N–H and O–H groups in total. The first kappa shape index (κ1) is 23.1. The van der Waals surface area contributed by atoms with Gasteiger partial charge in [-0.15, -0.1) is 0 Å². The van der Waals surface area contributed by atoms with Crippen LogP contribution in [0.25, 0.3) is 0 Å². The van der Waals surface area contributed by atoms with E-state index in [-0.39, 0.29) is 5.56 Å². The number of hydrazine groups is 1. The van der Waals surface area contributed by atoms with E-state index < -0.39 is 17.4 Å². The highest BCUT2D eigenvalue weighted by atomic mass is 16.5. The quantitative estimate of drug-likeness (QED) is 0.727. The highest BCUT2D eigenvalue weighted by Gasteiger charge is 2.32. The molecule has 2 aromatic carbocycles. The number of carbonyl (C=O) groups excluding carboxylic acids is 2. The Balaban J connectivity index is 2.46. The third-order valence-corrected chi connectivity index (χ3v) is 4.68. The third-order valence-electron chi connectivity index (χ3n) is 4.68. The molecule has 0 atom stereocenters. The molecule has 0 unspecified atom stereocenters. The summed E-state index contributed by atoms with van der Waals surface area (Å²) in [7, 11) is 4.58. The maximum atomic E-state index is 13.4. The number of methoxy groups -OCH3 is 3. The Bertz CT molecular complexity index is 918. The minimum Gasteiger partial charge on any atom is -0.497 e. The summed E-state index contributed by atoms with van der Waals surface area (Å²) in [6.07, 6.45) is 0.611. The van der Waals surface area contributed by atoms with Gasteiger partial charge in [-0.2, -0.15) is 0 Å². The molecule has 0 bridgehead atoms. The summed E-state index contributed by atoms with van der Waals surface area (Å²) in [6.45, 7) is 7.46. The maximum Gasteiger partial charge on any atom is 0.276 e. The van der Waals surface area contributed by atoms with E-state index in [1.165, 1.54) is 19.2 Å². The Kier molecular flexibility index (Phi) is 7.32. The van der Waals surface area contributed by atoms with Gasteiger partial charge in [-0.25, -0.2) is 5.01 Å². The Morgan fingerprint density at radius 1 is 0.933 bits per heavy atom. The minimum absolute atomic E-state index is 0.286. The van der Waals surface area contributed by atoms with Crippen LogP contribution in [0.1, 0.15) is 54.0 Å². The summed E-state index contributed by atoms with van der Waals surface area (Å²) >= 11 is 0. The van der Waals surface area contributed by atoms with Gasteiger partial charge >= 0.3 is 0 Å². The van der Waals surface area contributed by atoms with Crippen LogP contribution in [0, 0.1) is 0 Å². The van der Waals surface area contributed by atoms with Gasteiger partial charge in [0.1, 0.15) is 17.2 Å². The number of nitrogens with zero attached hydrogens (tertiary/aromatic N) is 1. The van der Waals surface area contributed by atoms with Crippen molar-refractivity contribution in [2.45, 2.75) is 39.7 Å². The fourth-order valence-electron chi connectivity index (χ4n) is 3.12. The van der Waals surface area contributed by atoms with Crippen LogP contribution in [0.4, 0.5) is 0 Å². The summed E-state index contributed by atoms with van der Waals surface area (Å²) in [6, 6.07) is 10.2. The lowest BCUT2D eigenvalue weighted by atomic mass is 10.0. The zero-order chi connectivity index (χ0) is 22.5. The van der Waals surface area contributed by atoms with E-state index in [4.69, 9.17) is 14.2 Å². The van der Waals surface area contributed by atoms with E-state index >= 15 is 0 Å². The Labute approximate surface area is 177 Å². The van der Waals surface area contributed by atoms with Gasteiger partial charge < -0.3 is 14.2 Å². The van der Waals surface area contributed by atoms with Crippen molar-refractivity contribution in [1.82, 2.24) is 10.4 Å². The Morgan fingerprint density at radius 2 is 1.60 bits per heavy atom. The molecular formula is C23H30N2O5. The summed E-state index contributed by atoms with van der Waals surface area (Å²) in [5, 5.41) is 1.31. The molecule has 162 valence electrons. The number of carbonyl (C=O) groups is 2. The fourth-order valence-corrected chi connectivity index (χ4v) is 3.12. The van der Waals surface area contributed by atoms with Crippen LogP contribution in [-0.2, 0) is 6.42 Å². The first-order valence-electron chi connectivity index (χ1n) is 9.71. The van der Waals surface area contributed by atoms with Gasteiger partial charge in [0.15, 0.2) is 0 Å². The van der Waals surface area contributed by atoms with Crippen molar-refractivity contribution in [2.75, 3.05) is 21.3 Å². The van der Waals surface area contributed by atoms with Crippen molar-refractivity contribution in [3.05, 3.63) is 53.1 Å². The summed E-state index contributed by atoms with van der Waals surface area (Å²) < 4.78 is 16.0. The first-order chi connectivity index (χ1) is 14.2. The molecular weight excluding hydrogens is 384 g/mol. The zero-order valence-electron chi connectivity index (χ0n) is 18.7. The smallest absolute Gasteiger partial charge is 0.276 e. The second kappa shape index (κ2) is 9.52. The Hall–Kier alpha value is -3.22. The van der Waals surface area contributed by atoms with E-state index in [2.05, 4.69) is 5.43 Å². The molecule has 7 heteroatoms. The van der Waals surface area contributed by atoms with E-state index in [0.717, 1.165) is 5.56 Å². The second-order valence-electron chi connectivity index (χ2n) is 7.66. The van der Waals surface area contributed by atoms with Crippen LogP contribution in [0.5, 0.6) is 17.2 Å². The lowest BCUT2D eigenvalue weighted by Gasteiger charge is -2.36. The lowest BCUT2D eigenvalue weighted by molar-refractivity contribution is 0.0355. The van der Waals surface area contributed by atoms with Crippen LogP contribution < -0.4 is 19.6 Å². The molecule has 2 amide bonds. The van der Waals surface area contributed by atoms with Gasteiger partial charge in [0.25, 0.3) is 11.8 Å². The molecule has 0 aromatic heterocycles. The monoisotopic (exact) mass is 414 g/mol. The van der Waals surface area contributed by atoms with Gasteiger partial charge in [-0.1, -0.05) is 13.0 Å². The normalized spacial score (nSPS) is 10.9.